The zero-order chi connectivity index (χ0) is 24.8. The number of rotatable bonds is 6. The monoisotopic (exact) mass is 486 g/mol. The first kappa shape index (κ1) is 23.2. The van der Waals surface area contributed by atoms with Crippen LogP contribution < -0.4 is 15.4 Å². The molecule has 2 N–H and O–H groups in total. The van der Waals surface area contributed by atoms with Crippen molar-refractivity contribution in [2.45, 2.75) is 50.4 Å². The van der Waals surface area contributed by atoms with Crippen LogP contribution in [-0.4, -0.2) is 34.7 Å². The number of ether oxygens (including phenoxy) is 1. The summed E-state index contributed by atoms with van der Waals surface area (Å²) in [5.41, 5.74) is -1.68. The molecule has 1 aliphatic carbocycles. The van der Waals surface area contributed by atoms with Gasteiger partial charge in [0.2, 0.25) is 11.9 Å². The number of hydrogen-bond acceptors (Lipinski definition) is 4. The highest BCUT2D eigenvalue weighted by atomic mass is 19.4. The van der Waals surface area contributed by atoms with Crippen LogP contribution in [0.2, 0.25) is 0 Å². The van der Waals surface area contributed by atoms with E-state index in [1.54, 1.807) is 36.4 Å². The van der Waals surface area contributed by atoms with Gasteiger partial charge in [-0.1, -0.05) is 49.9 Å². The third-order valence-electron chi connectivity index (χ3n) is 6.94. The number of alkyl halides is 3. The molecule has 1 atom stereocenters. The van der Waals surface area contributed by atoms with E-state index in [0.717, 1.165) is 30.3 Å². The largest absolute Gasteiger partial charge is 0.497 e. The summed E-state index contributed by atoms with van der Waals surface area (Å²) in [7, 11) is 1.52. The fourth-order valence-corrected chi connectivity index (χ4v) is 5.18. The molecular weight excluding hydrogens is 461 g/mol. The molecule has 0 bridgehead atoms. The first-order valence-electron chi connectivity index (χ1n) is 11.6. The summed E-state index contributed by atoms with van der Waals surface area (Å²) in [6.45, 7) is 0. The van der Waals surface area contributed by atoms with Crippen molar-refractivity contribution in [2.75, 3.05) is 12.4 Å². The van der Waals surface area contributed by atoms with Crippen molar-refractivity contribution in [1.29, 1.82) is 0 Å². The van der Waals surface area contributed by atoms with Crippen LogP contribution in [0.4, 0.5) is 19.1 Å². The van der Waals surface area contributed by atoms with Gasteiger partial charge in [-0.15, -0.1) is 0 Å². The topological polar surface area (TPSA) is 85.2 Å². The average molecular weight is 486 g/mol. The summed E-state index contributed by atoms with van der Waals surface area (Å²) < 4.78 is 49.9. The van der Waals surface area contributed by atoms with Crippen LogP contribution in [0.15, 0.2) is 42.5 Å². The Labute approximate surface area is 199 Å². The number of carbonyl (C=O) groups is 2. The summed E-state index contributed by atoms with van der Waals surface area (Å²) in [4.78, 5) is 29.9. The van der Waals surface area contributed by atoms with E-state index in [1.807, 2.05) is 5.32 Å². The molecule has 1 aromatic heterocycles. The number of anilines is 1. The van der Waals surface area contributed by atoms with Gasteiger partial charge in [-0.25, -0.2) is 4.98 Å². The van der Waals surface area contributed by atoms with Crippen molar-refractivity contribution in [3.8, 4) is 16.9 Å². The van der Waals surface area contributed by atoms with Crippen molar-refractivity contribution >= 4 is 28.8 Å². The van der Waals surface area contributed by atoms with Crippen molar-refractivity contribution in [2.24, 2.45) is 5.92 Å². The second-order valence-electron chi connectivity index (χ2n) is 9.08. The Bertz CT molecular complexity index is 1300. The second-order valence-corrected chi connectivity index (χ2v) is 9.08. The van der Waals surface area contributed by atoms with Crippen molar-refractivity contribution in [3.05, 3.63) is 42.5 Å². The number of fused-ring (bicyclic) bond motifs is 3. The van der Waals surface area contributed by atoms with Gasteiger partial charge in [0.1, 0.15) is 5.75 Å². The molecule has 7 nitrogen and oxygen atoms in total. The predicted octanol–water partition coefficient (Wildman–Crippen LogP) is 4.97. The molecule has 2 aliphatic rings. The summed E-state index contributed by atoms with van der Waals surface area (Å²) in [5, 5.41) is 4.29. The third kappa shape index (κ3) is 3.81. The van der Waals surface area contributed by atoms with Gasteiger partial charge in [0.05, 0.1) is 18.1 Å². The number of imidazole rings is 1. The highest BCUT2D eigenvalue weighted by molar-refractivity contribution is 6.06. The van der Waals surface area contributed by atoms with Crippen LogP contribution >= 0.6 is 0 Å². The Morgan fingerprint density at radius 3 is 2.69 bits per heavy atom. The Morgan fingerprint density at radius 1 is 1.23 bits per heavy atom. The van der Waals surface area contributed by atoms with Crippen LogP contribution in [0.5, 0.6) is 5.75 Å². The third-order valence-corrected chi connectivity index (χ3v) is 6.94. The average Bonchev–Trinajstić information content (AvgIpc) is 3.53. The number of para-hydroxylation sites is 1. The summed E-state index contributed by atoms with van der Waals surface area (Å²) >= 11 is 0. The van der Waals surface area contributed by atoms with E-state index in [4.69, 9.17) is 4.74 Å². The van der Waals surface area contributed by atoms with E-state index in [2.05, 4.69) is 10.3 Å². The molecule has 2 aromatic carbocycles. The summed E-state index contributed by atoms with van der Waals surface area (Å²) in [6.07, 6.45) is -0.595. The van der Waals surface area contributed by atoms with Crippen molar-refractivity contribution < 1.29 is 27.5 Å². The van der Waals surface area contributed by atoms with Gasteiger partial charge in [-0.3, -0.25) is 19.5 Å². The molecule has 1 unspecified atom stereocenters. The molecule has 3 aromatic rings. The van der Waals surface area contributed by atoms with E-state index >= 15 is 0 Å². The number of benzene rings is 2. The number of nitrogens with one attached hydrogen (secondary N) is 2. The number of amides is 2. The molecule has 1 aliphatic heterocycles. The fraction of sp³-hybridized carbons (Fsp3) is 0.400. The molecule has 10 heteroatoms. The molecule has 0 saturated heterocycles. The Hall–Kier alpha value is -3.56. The number of carbonyl (C=O) groups excluding carboxylic acids is 2. The normalized spacial score (nSPS) is 20.2. The lowest BCUT2D eigenvalue weighted by atomic mass is 10.0. The highest BCUT2D eigenvalue weighted by Gasteiger charge is 2.67. The van der Waals surface area contributed by atoms with Crippen LogP contribution in [0.25, 0.3) is 22.2 Å². The van der Waals surface area contributed by atoms with E-state index in [9.17, 15) is 22.8 Å². The molecular formula is C25H25F3N4O3. The Kier molecular flexibility index (Phi) is 5.69. The quantitative estimate of drug-likeness (QED) is 0.516. The van der Waals surface area contributed by atoms with Gasteiger partial charge in [0.15, 0.2) is 0 Å². The minimum atomic E-state index is -5.11. The van der Waals surface area contributed by atoms with Gasteiger partial charge in [0, 0.05) is 12.0 Å². The molecule has 1 saturated carbocycles. The predicted molar refractivity (Wildman–Crippen MR) is 124 cm³/mol. The zero-order valence-electron chi connectivity index (χ0n) is 19.1. The first-order valence-corrected chi connectivity index (χ1v) is 11.6. The maximum absolute atomic E-state index is 14.6. The van der Waals surface area contributed by atoms with E-state index in [-0.39, 0.29) is 23.4 Å². The van der Waals surface area contributed by atoms with Crippen molar-refractivity contribution in [3.63, 3.8) is 0 Å². The van der Waals surface area contributed by atoms with Crippen molar-refractivity contribution in [1.82, 2.24) is 14.9 Å². The van der Waals surface area contributed by atoms with Crippen LogP contribution in [-0.2, 0) is 15.3 Å². The molecule has 5 rings (SSSR count). The van der Waals surface area contributed by atoms with Gasteiger partial charge in [-0.2, -0.15) is 13.2 Å². The summed E-state index contributed by atoms with van der Waals surface area (Å²) in [5.74, 6) is -1.55. The van der Waals surface area contributed by atoms with Crippen LogP contribution in [0.3, 0.4) is 0 Å². The first-order chi connectivity index (χ1) is 16.7. The Balaban J connectivity index is 1.58. The molecule has 2 amide bonds. The van der Waals surface area contributed by atoms with Crippen LogP contribution in [0, 0.1) is 5.92 Å². The number of nitrogens with zero attached hydrogens (tertiary/aromatic N) is 2. The number of halogens is 3. The molecule has 35 heavy (non-hydrogen) atoms. The highest BCUT2D eigenvalue weighted by Crippen LogP contribution is 2.45. The molecule has 0 radical (unpaired) electrons. The SMILES string of the molecule is COc1cccc(-c2cccc3c2nc2n3C(NC(=O)CCC3CCCC3)(C(F)(F)F)C(=O)N2)c1. The van der Waals surface area contributed by atoms with Crippen LogP contribution in [0.1, 0.15) is 38.5 Å². The smallest absolute Gasteiger partial charge is 0.440 e. The number of aromatic nitrogens is 2. The van der Waals surface area contributed by atoms with E-state index in [1.165, 1.54) is 13.2 Å². The lowest BCUT2D eigenvalue weighted by Gasteiger charge is -2.32. The van der Waals surface area contributed by atoms with Gasteiger partial charge < -0.3 is 10.1 Å². The lowest BCUT2D eigenvalue weighted by Crippen LogP contribution is -2.63. The maximum atomic E-state index is 14.6. The molecule has 1 fully saturated rings. The molecule has 0 spiro atoms. The zero-order valence-corrected chi connectivity index (χ0v) is 19.1. The minimum Gasteiger partial charge on any atom is -0.497 e. The van der Waals surface area contributed by atoms with E-state index < -0.39 is 23.7 Å². The van der Waals surface area contributed by atoms with E-state index in [0.29, 0.717) is 29.2 Å². The fourth-order valence-electron chi connectivity index (χ4n) is 5.18. The van der Waals surface area contributed by atoms with Gasteiger partial charge in [-0.05, 0) is 36.1 Å². The summed E-state index contributed by atoms with van der Waals surface area (Å²) in [6, 6.07) is 11.9. The standard InChI is InChI=1S/C25H25F3N4O3/c1-35-17-9-4-8-16(14-17)18-10-5-11-19-21(18)29-23-30-22(34)24(32(19)23,25(26,27)28)31-20(33)13-12-15-6-2-3-7-15/h4-5,8-11,14-15H,2-3,6-7,12-13H2,1H3,(H,31,33)(H,29,30,34). The molecule has 2 heterocycles. The second kappa shape index (κ2) is 8.58. The number of hydrogen-bond donors (Lipinski definition) is 2. The van der Waals surface area contributed by atoms with Gasteiger partial charge >= 0.3 is 6.18 Å². The molecule has 184 valence electrons. The lowest BCUT2D eigenvalue weighted by molar-refractivity contribution is -0.217. The maximum Gasteiger partial charge on any atom is 0.440 e. The minimum absolute atomic E-state index is 0.0760. The Morgan fingerprint density at radius 2 is 1.97 bits per heavy atom. The van der Waals surface area contributed by atoms with Gasteiger partial charge in [0.25, 0.3) is 11.6 Å². The number of methoxy groups -OCH3 is 1.